The van der Waals surface area contributed by atoms with E-state index in [1.807, 2.05) is 7.05 Å². The minimum atomic E-state index is 0.675. The fourth-order valence-corrected chi connectivity index (χ4v) is 2.12. The summed E-state index contributed by atoms with van der Waals surface area (Å²) >= 11 is 0. The summed E-state index contributed by atoms with van der Waals surface area (Å²) in [5.74, 6) is 0.675. The second-order valence-corrected chi connectivity index (χ2v) is 4.46. The molecule has 17 heavy (non-hydrogen) atoms. The van der Waals surface area contributed by atoms with Crippen molar-refractivity contribution in [2.24, 2.45) is 5.92 Å². The maximum atomic E-state index is 3.53. The topological polar surface area (TPSA) is 39.8 Å². The van der Waals surface area contributed by atoms with Crippen molar-refractivity contribution in [2.45, 2.75) is 13.3 Å². The van der Waals surface area contributed by atoms with E-state index in [2.05, 4.69) is 53.0 Å². The number of aromatic amines is 1. The van der Waals surface area contributed by atoms with E-state index in [-0.39, 0.29) is 0 Å². The lowest BCUT2D eigenvalue weighted by Crippen LogP contribution is -2.24. The van der Waals surface area contributed by atoms with Crippen molar-refractivity contribution in [3.05, 3.63) is 30.5 Å². The molecule has 2 rings (SSSR count). The monoisotopic (exact) mass is 231 g/mol. The van der Waals surface area contributed by atoms with Gasteiger partial charge >= 0.3 is 0 Å². The minimum absolute atomic E-state index is 0.675. The fraction of sp³-hybridized carbons (Fsp3) is 0.429. The molecule has 0 fully saturated rings. The minimum Gasteiger partial charge on any atom is -0.383 e. The quantitative estimate of drug-likeness (QED) is 0.715. The van der Waals surface area contributed by atoms with Gasteiger partial charge in [0.25, 0.3) is 0 Å². The van der Waals surface area contributed by atoms with E-state index < -0.39 is 0 Å². The molecular weight excluding hydrogens is 210 g/mol. The Balaban J connectivity index is 2.03. The van der Waals surface area contributed by atoms with Crippen LogP contribution in [0.15, 0.2) is 30.5 Å². The molecule has 92 valence electrons. The van der Waals surface area contributed by atoms with Crippen molar-refractivity contribution >= 4 is 16.6 Å². The molecule has 1 aromatic carbocycles. The Kier molecular flexibility index (Phi) is 4.04. The number of fused-ring (bicyclic) bond motifs is 1. The summed E-state index contributed by atoms with van der Waals surface area (Å²) in [6, 6.07) is 8.38. The summed E-state index contributed by atoms with van der Waals surface area (Å²) in [5.41, 5.74) is 2.40. The first-order valence-electron chi connectivity index (χ1n) is 6.29. The normalized spacial score (nSPS) is 12.8. The molecule has 1 aromatic heterocycles. The fourth-order valence-electron chi connectivity index (χ4n) is 2.12. The van der Waals surface area contributed by atoms with Crippen LogP contribution < -0.4 is 10.6 Å². The number of hydrogen-bond donors (Lipinski definition) is 3. The molecule has 0 bridgehead atoms. The van der Waals surface area contributed by atoms with E-state index in [1.165, 1.54) is 23.0 Å². The second kappa shape index (κ2) is 5.73. The van der Waals surface area contributed by atoms with Crippen molar-refractivity contribution in [3.63, 3.8) is 0 Å². The largest absolute Gasteiger partial charge is 0.383 e. The number of rotatable bonds is 6. The zero-order valence-electron chi connectivity index (χ0n) is 10.6. The molecule has 1 atom stereocenters. The third-order valence-electron chi connectivity index (χ3n) is 3.24. The Bertz CT molecular complexity index is 461. The summed E-state index contributed by atoms with van der Waals surface area (Å²) < 4.78 is 0. The molecule has 0 aliphatic rings. The van der Waals surface area contributed by atoms with Crippen molar-refractivity contribution in [1.82, 2.24) is 10.3 Å². The van der Waals surface area contributed by atoms with E-state index in [0.29, 0.717) is 5.92 Å². The van der Waals surface area contributed by atoms with Gasteiger partial charge in [0.05, 0.1) is 5.69 Å². The average molecular weight is 231 g/mol. The van der Waals surface area contributed by atoms with Gasteiger partial charge in [0.15, 0.2) is 0 Å². The molecule has 0 aliphatic carbocycles. The standard InChI is InChI=1S/C14H21N3/c1-3-11(8-15-2)9-16-14-10-17-13-7-5-4-6-12(13)14/h4-7,10-11,15-17H,3,8-9H2,1-2H3. The molecule has 2 aromatic rings. The number of para-hydroxylation sites is 1. The van der Waals surface area contributed by atoms with Crippen LogP contribution in [0.1, 0.15) is 13.3 Å². The Morgan fingerprint density at radius 3 is 2.82 bits per heavy atom. The number of benzene rings is 1. The maximum Gasteiger partial charge on any atom is 0.0598 e. The van der Waals surface area contributed by atoms with Crippen LogP contribution in [-0.2, 0) is 0 Å². The van der Waals surface area contributed by atoms with E-state index in [9.17, 15) is 0 Å². The van der Waals surface area contributed by atoms with Gasteiger partial charge in [-0.15, -0.1) is 0 Å². The van der Waals surface area contributed by atoms with Crippen molar-refractivity contribution in [2.75, 3.05) is 25.5 Å². The number of hydrogen-bond acceptors (Lipinski definition) is 2. The van der Waals surface area contributed by atoms with Gasteiger partial charge in [-0.1, -0.05) is 31.5 Å². The molecule has 0 aliphatic heterocycles. The molecule has 0 radical (unpaired) electrons. The first-order chi connectivity index (χ1) is 8.35. The smallest absolute Gasteiger partial charge is 0.0598 e. The highest BCUT2D eigenvalue weighted by Gasteiger charge is 2.07. The average Bonchev–Trinajstić information content (AvgIpc) is 2.78. The van der Waals surface area contributed by atoms with E-state index in [0.717, 1.165) is 13.1 Å². The lowest BCUT2D eigenvalue weighted by Gasteiger charge is -2.15. The molecular formula is C14H21N3. The van der Waals surface area contributed by atoms with Gasteiger partial charge < -0.3 is 15.6 Å². The predicted molar refractivity (Wildman–Crippen MR) is 74.5 cm³/mol. The van der Waals surface area contributed by atoms with Crippen LogP contribution in [0.5, 0.6) is 0 Å². The van der Waals surface area contributed by atoms with Crippen LogP contribution in [0.4, 0.5) is 5.69 Å². The molecule has 0 amide bonds. The summed E-state index contributed by atoms with van der Waals surface area (Å²) in [5, 5.41) is 8.04. The molecule has 3 nitrogen and oxygen atoms in total. The van der Waals surface area contributed by atoms with Crippen molar-refractivity contribution < 1.29 is 0 Å². The van der Waals surface area contributed by atoms with E-state index in [4.69, 9.17) is 0 Å². The zero-order chi connectivity index (χ0) is 12.1. The summed E-state index contributed by atoms with van der Waals surface area (Å²) in [6.45, 7) is 4.31. The Hall–Kier alpha value is -1.48. The highest BCUT2D eigenvalue weighted by molar-refractivity contribution is 5.92. The van der Waals surface area contributed by atoms with Gasteiger partial charge in [-0.2, -0.15) is 0 Å². The molecule has 3 heteroatoms. The van der Waals surface area contributed by atoms with E-state index in [1.54, 1.807) is 0 Å². The third kappa shape index (κ3) is 2.80. The van der Waals surface area contributed by atoms with Gasteiger partial charge in [0, 0.05) is 23.6 Å². The zero-order valence-corrected chi connectivity index (χ0v) is 10.6. The van der Waals surface area contributed by atoms with Crippen LogP contribution in [-0.4, -0.2) is 25.1 Å². The number of aromatic nitrogens is 1. The molecule has 0 saturated carbocycles. The highest BCUT2D eigenvalue weighted by atomic mass is 14.9. The van der Waals surface area contributed by atoms with Crippen molar-refractivity contribution in [3.8, 4) is 0 Å². The number of nitrogens with one attached hydrogen (secondary N) is 3. The number of anilines is 1. The summed E-state index contributed by atoms with van der Waals surface area (Å²) in [4.78, 5) is 3.28. The Labute approximate surface area is 103 Å². The van der Waals surface area contributed by atoms with Crippen LogP contribution in [0.3, 0.4) is 0 Å². The van der Waals surface area contributed by atoms with Gasteiger partial charge in [-0.3, -0.25) is 0 Å². The third-order valence-corrected chi connectivity index (χ3v) is 3.24. The summed E-state index contributed by atoms with van der Waals surface area (Å²) in [6.07, 6.45) is 3.24. The summed E-state index contributed by atoms with van der Waals surface area (Å²) in [7, 11) is 2.01. The van der Waals surface area contributed by atoms with Gasteiger partial charge in [0.2, 0.25) is 0 Å². The molecule has 0 saturated heterocycles. The van der Waals surface area contributed by atoms with Gasteiger partial charge in [0.1, 0.15) is 0 Å². The molecule has 1 heterocycles. The van der Waals surface area contributed by atoms with Gasteiger partial charge in [-0.05, 0) is 25.6 Å². The molecule has 1 unspecified atom stereocenters. The highest BCUT2D eigenvalue weighted by Crippen LogP contribution is 2.22. The number of H-pyrrole nitrogens is 1. The SMILES string of the molecule is CCC(CNC)CNc1c[nH]c2ccccc12. The maximum absolute atomic E-state index is 3.53. The van der Waals surface area contributed by atoms with Crippen LogP contribution >= 0.6 is 0 Å². The first-order valence-corrected chi connectivity index (χ1v) is 6.29. The van der Waals surface area contributed by atoms with Crippen molar-refractivity contribution in [1.29, 1.82) is 0 Å². The van der Waals surface area contributed by atoms with Crippen LogP contribution in [0, 0.1) is 5.92 Å². The second-order valence-electron chi connectivity index (χ2n) is 4.46. The molecule has 3 N–H and O–H groups in total. The Morgan fingerprint density at radius 1 is 1.24 bits per heavy atom. The lowest BCUT2D eigenvalue weighted by atomic mass is 10.1. The van der Waals surface area contributed by atoms with E-state index >= 15 is 0 Å². The Morgan fingerprint density at radius 2 is 2.06 bits per heavy atom. The van der Waals surface area contributed by atoms with Gasteiger partial charge in [-0.25, -0.2) is 0 Å². The first kappa shape index (κ1) is 12.0. The lowest BCUT2D eigenvalue weighted by molar-refractivity contribution is 0.507. The molecule has 0 spiro atoms. The van der Waals surface area contributed by atoms with Crippen LogP contribution in [0.25, 0.3) is 10.9 Å². The predicted octanol–water partition coefficient (Wildman–Crippen LogP) is 2.83. The van der Waals surface area contributed by atoms with Crippen LogP contribution in [0.2, 0.25) is 0 Å².